The molecule has 1 unspecified atom stereocenters. The number of fused-ring (bicyclic) bond motifs is 1. The zero-order valence-corrected chi connectivity index (χ0v) is 12.6. The molecule has 8 heteroatoms. The highest BCUT2D eigenvalue weighted by Crippen LogP contribution is 2.34. The molecule has 0 spiro atoms. The van der Waals surface area contributed by atoms with Gasteiger partial charge in [0.15, 0.2) is 11.9 Å². The predicted molar refractivity (Wildman–Crippen MR) is 84.7 cm³/mol. The normalized spacial score (nSPS) is 17.5. The molecule has 0 saturated carbocycles. The van der Waals surface area contributed by atoms with Crippen LogP contribution < -0.4 is 10.5 Å². The first-order valence-electron chi connectivity index (χ1n) is 7.62. The molecule has 1 aliphatic heterocycles. The van der Waals surface area contributed by atoms with Crippen LogP contribution in [0.4, 0.5) is 10.2 Å². The minimum Gasteiger partial charge on any atom is -0.349 e. The van der Waals surface area contributed by atoms with Crippen LogP contribution in [0.2, 0.25) is 0 Å². The topological polar surface area (TPSA) is 83.4 Å². The number of aromatic nitrogens is 4. The SMILES string of the molecule is O=Cc1cnn2ccc(N3CCCC3c3cc(F)c[nH]c3=O)nc12. The van der Waals surface area contributed by atoms with E-state index in [0.717, 1.165) is 19.0 Å². The van der Waals surface area contributed by atoms with Gasteiger partial charge in [-0.05, 0) is 25.0 Å². The summed E-state index contributed by atoms with van der Waals surface area (Å²) in [4.78, 5) is 32.1. The van der Waals surface area contributed by atoms with Gasteiger partial charge in [0, 0.05) is 24.5 Å². The Hall–Kier alpha value is -3.03. The van der Waals surface area contributed by atoms with Crippen LogP contribution in [0.3, 0.4) is 0 Å². The van der Waals surface area contributed by atoms with Crippen LogP contribution in [0.5, 0.6) is 0 Å². The highest BCUT2D eigenvalue weighted by Gasteiger charge is 2.29. The van der Waals surface area contributed by atoms with Crippen LogP contribution in [0, 0.1) is 5.82 Å². The molecule has 24 heavy (non-hydrogen) atoms. The van der Waals surface area contributed by atoms with Crippen LogP contribution in [-0.2, 0) is 0 Å². The Kier molecular flexibility index (Phi) is 3.37. The van der Waals surface area contributed by atoms with E-state index < -0.39 is 5.82 Å². The lowest BCUT2D eigenvalue weighted by Gasteiger charge is -2.25. The molecule has 1 aliphatic rings. The van der Waals surface area contributed by atoms with Crippen molar-refractivity contribution in [2.45, 2.75) is 18.9 Å². The van der Waals surface area contributed by atoms with E-state index in [0.29, 0.717) is 35.4 Å². The summed E-state index contributed by atoms with van der Waals surface area (Å²) in [6.45, 7) is 0.703. The number of H-pyrrole nitrogens is 1. The van der Waals surface area contributed by atoms with Crippen molar-refractivity contribution in [2.24, 2.45) is 0 Å². The maximum Gasteiger partial charge on any atom is 0.253 e. The van der Waals surface area contributed by atoms with E-state index in [9.17, 15) is 14.0 Å². The number of nitrogens with one attached hydrogen (secondary N) is 1. The fourth-order valence-corrected chi connectivity index (χ4v) is 3.21. The molecular weight excluding hydrogens is 313 g/mol. The number of rotatable bonds is 3. The monoisotopic (exact) mass is 327 g/mol. The van der Waals surface area contributed by atoms with E-state index in [1.54, 1.807) is 12.3 Å². The number of hydrogen-bond acceptors (Lipinski definition) is 5. The van der Waals surface area contributed by atoms with Crippen LogP contribution in [0.25, 0.3) is 5.65 Å². The zero-order valence-electron chi connectivity index (χ0n) is 12.6. The molecule has 122 valence electrons. The molecule has 0 aliphatic carbocycles. The third kappa shape index (κ3) is 2.27. The van der Waals surface area contributed by atoms with E-state index in [4.69, 9.17) is 0 Å². The van der Waals surface area contributed by atoms with Gasteiger partial charge in [0.05, 0.1) is 17.8 Å². The van der Waals surface area contributed by atoms with E-state index >= 15 is 0 Å². The lowest BCUT2D eigenvalue weighted by molar-refractivity contribution is 0.112. The molecular formula is C16H14FN5O2. The van der Waals surface area contributed by atoms with E-state index in [-0.39, 0.29) is 11.6 Å². The summed E-state index contributed by atoms with van der Waals surface area (Å²) in [7, 11) is 0. The van der Waals surface area contributed by atoms with Gasteiger partial charge < -0.3 is 9.88 Å². The van der Waals surface area contributed by atoms with Gasteiger partial charge in [0.1, 0.15) is 11.6 Å². The summed E-state index contributed by atoms with van der Waals surface area (Å²) in [5, 5.41) is 4.06. The maximum absolute atomic E-state index is 13.5. The summed E-state index contributed by atoms with van der Waals surface area (Å²) in [5.41, 5.74) is 0.947. The number of aldehydes is 1. The Morgan fingerprint density at radius 2 is 2.29 bits per heavy atom. The van der Waals surface area contributed by atoms with Gasteiger partial charge in [-0.3, -0.25) is 9.59 Å². The minimum absolute atomic E-state index is 0.248. The number of carbonyl (C=O) groups is 1. The third-order valence-electron chi connectivity index (χ3n) is 4.31. The molecule has 0 aromatic carbocycles. The molecule has 0 radical (unpaired) electrons. The quantitative estimate of drug-likeness (QED) is 0.741. The van der Waals surface area contributed by atoms with E-state index in [2.05, 4.69) is 15.1 Å². The van der Waals surface area contributed by atoms with Crippen molar-refractivity contribution in [1.82, 2.24) is 19.6 Å². The van der Waals surface area contributed by atoms with Gasteiger partial charge in [0.25, 0.3) is 5.56 Å². The van der Waals surface area contributed by atoms with Crippen molar-refractivity contribution < 1.29 is 9.18 Å². The average Bonchev–Trinajstić information content (AvgIpc) is 3.22. The van der Waals surface area contributed by atoms with Gasteiger partial charge in [0.2, 0.25) is 0 Å². The van der Waals surface area contributed by atoms with Gasteiger partial charge in [-0.2, -0.15) is 5.10 Å². The molecule has 1 saturated heterocycles. The molecule has 0 amide bonds. The van der Waals surface area contributed by atoms with Crippen LogP contribution >= 0.6 is 0 Å². The van der Waals surface area contributed by atoms with Crippen LogP contribution in [0.15, 0.2) is 35.5 Å². The first-order valence-corrected chi connectivity index (χ1v) is 7.62. The molecule has 4 heterocycles. The second-order valence-corrected chi connectivity index (χ2v) is 5.73. The van der Waals surface area contributed by atoms with Gasteiger partial charge >= 0.3 is 0 Å². The number of nitrogens with zero attached hydrogens (tertiary/aromatic N) is 4. The van der Waals surface area contributed by atoms with Crippen molar-refractivity contribution in [3.05, 3.63) is 58.0 Å². The molecule has 7 nitrogen and oxygen atoms in total. The number of anilines is 1. The Labute approximate surface area is 135 Å². The van der Waals surface area contributed by atoms with Gasteiger partial charge in [-0.15, -0.1) is 0 Å². The highest BCUT2D eigenvalue weighted by atomic mass is 19.1. The van der Waals surface area contributed by atoms with Crippen molar-refractivity contribution in [3.8, 4) is 0 Å². The maximum atomic E-state index is 13.5. The lowest BCUT2D eigenvalue weighted by atomic mass is 10.1. The highest BCUT2D eigenvalue weighted by molar-refractivity contribution is 5.84. The number of halogens is 1. The fraction of sp³-hybridized carbons (Fsp3) is 0.250. The molecule has 1 fully saturated rings. The number of hydrogen-bond donors (Lipinski definition) is 1. The number of pyridine rings is 1. The molecule has 3 aromatic rings. The Morgan fingerprint density at radius 3 is 3.12 bits per heavy atom. The summed E-state index contributed by atoms with van der Waals surface area (Å²) in [6, 6.07) is 2.80. The predicted octanol–water partition coefficient (Wildman–Crippen LogP) is 1.71. The molecule has 1 atom stereocenters. The largest absolute Gasteiger partial charge is 0.349 e. The van der Waals surface area contributed by atoms with E-state index in [1.807, 2.05) is 4.90 Å². The molecule has 3 aromatic heterocycles. The second kappa shape index (κ2) is 5.55. The number of carbonyl (C=O) groups excluding carboxylic acids is 1. The molecule has 1 N–H and O–H groups in total. The Morgan fingerprint density at radius 1 is 1.42 bits per heavy atom. The summed E-state index contributed by atoms with van der Waals surface area (Å²) in [6.07, 6.45) is 6.54. The van der Waals surface area contributed by atoms with Crippen molar-refractivity contribution >= 4 is 17.8 Å². The standard InChI is InChI=1S/C16H14FN5O2/c17-11-6-12(16(24)18-8-11)13-2-1-4-21(13)14-3-5-22-15(20-14)10(9-23)7-19-22/h3,5-9,13H,1-2,4H2,(H,18,24). The fourth-order valence-electron chi connectivity index (χ4n) is 3.21. The lowest BCUT2D eigenvalue weighted by Crippen LogP contribution is -2.28. The molecule has 0 bridgehead atoms. The third-order valence-corrected chi connectivity index (χ3v) is 4.31. The Balaban J connectivity index is 1.78. The van der Waals surface area contributed by atoms with Gasteiger partial charge in [-0.1, -0.05) is 0 Å². The second-order valence-electron chi connectivity index (χ2n) is 5.73. The zero-order chi connectivity index (χ0) is 16.7. The molecule has 4 rings (SSSR count). The van der Waals surface area contributed by atoms with Crippen LogP contribution in [0.1, 0.15) is 34.8 Å². The van der Waals surface area contributed by atoms with E-state index in [1.165, 1.54) is 16.8 Å². The Bertz CT molecular complexity index is 980. The van der Waals surface area contributed by atoms with Crippen molar-refractivity contribution in [2.75, 3.05) is 11.4 Å². The first-order chi connectivity index (χ1) is 11.7. The van der Waals surface area contributed by atoms with Gasteiger partial charge in [-0.25, -0.2) is 13.9 Å². The minimum atomic E-state index is -0.473. The summed E-state index contributed by atoms with van der Waals surface area (Å²) in [5.74, 6) is 0.163. The summed E-state index contributed by atoms with van der Waals surface area (Å²) >= 11 is 0. The smallest absolute Gasteiger partial charge is 0.253 e. The average molecular weight is 327 g/mol. The number of aromatic amines is 1. The van der Waals surface area contributed by atoms with Crippen LogP contribution in [-0.4, -0.2) is 32.4 Å². The summed E-state index contributed by atoms with van der Waals surface area (Å²) < 4.78 is 15.1. The van der Waals surface area contributed by atoms with Crippen molar-refractivity contribution in [1.29, 1.82) is 0 Å². The van der Waals surface area contributed by atoms with Crippen molar-refractivity contribution in [3.63, 3.8) is 0 Å². The first kappa shape index (κ1) is 14.6.